The van der Waals surface area contributed by atoms with Crippen LogP contribution < -0.4 is 5.32 Å². The third-order valence-electron chi connectivity index (χ3n) is 6.33. The summed E-state index contributed by atoms with van der Waals surface area (Å²) in [6.45, 7) is 3.84. The van der Waals surface area contributed by atoms with Gasteiger partial charge in [-0.15, -0.1) is 11.3 Å². The second kappa shape index (κ2) is 8.75. The third kappa shape index (κ3) is 4.12. The molecule has 0 saturated heterocycles. The Balaban J connectivity index is 1.26. The van der Waals surface area contributed by atoms with Crippen LogP contribution in [0.3, 0.4) is 0 Å². The number of carbonyl (C=O) groups excluding carboxylic acids is 1. The molecule has 0 atom stereocenters. The molecule has 3 heterocycles. The molecule has 0 fully saturated rings. The van der Waals surface area contributed by atoms with Gasteiger partial charge in [-0.1, -0.05) is 12.1 Å². The van der Waals surface area contributed by atoms with Gasteiger partial charge in [0.25, 0.3) is 0 Å². The van der Waals surface area contributed by atoms with Crippen molar-refractivity contribution < 1.29 is 4.79 Å². The molecule has 0 unspecified atom stereocenters. The van der Waals surface area contributed by atoms with Gasteiger partial charge in [-0.2, -0.15) is 10.4 Å². The van der Waals surface area contributed by atoms with Gasteiger partial charge in [0.1, 0.15) is 11.6 Å². The number of rotatable bonds is 5. The minimum absolute atomic E-state index is 0.0848. The predicted octanol–water partition coefficient (Wildman–Crippen LogP) is 4.79. The number of nitriles is 1. The molecule has 166 valence electrons. The summed E-state index contributed by atoms with van der Waals surface area (Å²) >= 11 is 1.45. The topological polar surface area (TPSA) is 96.0 Å². The number of carbonyl (C=O) groups is 1. The molecule has 5 rings (SSSR count). The number of hydrogen-bond donors (Lipinski definition) is 1. The Kier molecular flexibility index (Phi) is 5.65. The van der Waals surface area contributed by atoms with E-state index in [4.69, 9.17) is 0 Å². The highest BCUT2D eigenvalue weighted by Crippen LogP contribution is 2.29. The zero-order valence-corrected chi connectivity index (χ0v) is 19.5. The van der Waals surface area contributed by atoms with Crippen molar-refractivity contribution in [2.75, 3.05) is 5.32 Å². The lowest BCUT2D eigenvalue weighted by molar-refractivity contribution is -0.116. The Morgan fingerprint density at radius 2 is 2.03 bits per heavy atom. The molecule has 0 radical (unpaired) electrons. The monoisotopic (exact) mass is 456 g/mol. The number of amides is 1. The van der Waals surface area contributed by atoms with Crippen molar-refractivity contribution in [2.45, 2.75) is 52.4 Å². The lowest BCUT2D eigenvalue weighted by atomic mass is 9.90. The molecule has 0 aliphatic heterocycles. The van der Waals surface area contributed by atoms with Gasteiger partial charge in [-0.3, -0.25) is 4.79 Å². The SMILES string of the molecule is Cc1nc2c(C#N)cnn2c(C)c1CCC(=O)Nc1nc(-c2ccc3c(c2)CCCC3)cs1. The van der Waals surface area contributed by atoms with Crippen LogP contribution in [-0.2, 0) is 24.1 Å². The third-order valence-corrected chi connectivity index (χ3v) is 7.08. The lowest BCUT2D eigenvalue weighted by Crippen LogP contribution is -2.14. The fraction of sp³-hybridized carbons (Fsp3) is 0.320. The van der Waals surface area contributed by atoms with E-state index in [1.807, 2.05) is 19.2 Å². The number of hydrogen-bond acceptors (Lipinski definition) is 6. The molecule has 1 amide bonds. The molecular formula is C25H24N6OS. The number of aromatic nitrogens is 4. The van der Waals surface area contributed by atoms with Gasteiger partial charge in [0.2, 0.25) is 5.91 Å². The maximum absolute atomic E-state index is 12.6. The van der Waals surface area contributed by atoms with E-state index in [1.165, 1.54) is 41.5 Å². The molecule has 0 spiro atoms. The van der Waals surface area contributed by atoms with Crippen LogP contribution in [0.4, 0.5) is 5.13 Å². The molecule has 7 nitrogen and oxygen atoms in total. The minimum atomic E-state index is -0.0848. The fourth-order valence-electron chi connectivity index (χ4n) is 4.53. The zero-order valence-electron chi connectivity index (χ0n) is 18.7. The highest BCUT2D eigenvalue weighted by molar-refractivity contribution is 7.14. The van der Waals surface area contributed by atoms with Crippen molar-refractivity contribution in [3.05, 3.63) is 63.4 Å². The smallest absolute Gasteiger partial charge is 0.226 e. The van der Waals surface area contributed by atoms with Crippen LogP contribution in [0.15, 0.2) is 29.8 Å². The summed E-state index contributed by atoms with van der Waals surface area (Å²) in [5, 5.41) is 19.0. The summed E-state index contributed by atoms with van der Waals surface area (Å²) in [5.41, 5.74) is 8.57. The molecular weight excluding hydrogens is 432 g/mol. The number of fused-ring (bicyclic) bond motifs is 2. The Morgan fingerprint density at radius 1 is 1.21 bits per heavy atom. The molecule has 1 aromatic carbocycles. The molecule has 1 aliphatic carbocycles. The first-order valence-corrected chi connectivity index (χ1v) is 12.0. The van der Waals surface area contributed by atoms with Gasteiger partial charge in [0.05, 0.1) is 11.9 Å². The Bertz CT molecular complexity index is 1410. The first-order valence-electron chi connectivity index (χ1n) is 11.1. The van der Waals surface area contributed by atoms with Crippen molar-refractivity contribution in [3.8, 4) is 17.3 Å². The van der Waals surface area contributed by atoms with E-state index in [2.05, 4.69) is 44.7 Å². The molecule has 0 saturated carbocycles. The number of thiazole rings is 1. The van der Waals surface area contributed by atoms with E-state index in [0.717, 1.165) is 41.1 Å². The molecule has 33 heavy (non-hydrogen) atoms. The van der Waals surface area contributed by atoms with Gasteiger partial charge >= 0.3 is 0 Å². The van der Waals surface area contributed by atoms with Crippen LogP contribution in [0.5, 0.6) is 0 Å². The minimum Gasteiger partial charge on any atom is -0.302 e. The number of nitrogens with zero attached hydrogens (tertiary/aromatic N) is 5. The summed E-state index contributed by atoms with van der Waals surface area (Å²) in [4.78, 5) is 21.8. The van der Waals surface area contributed by atoms with E-state index in [9.17, 15) is 10.1 Å². The number of benzene rings is 1. The largest absolute Gasteiger partial charge is 0.302 e. The summed E-state index contributed by atoms with van der Waals surface area (Å²) in [5.74, 6) is -0.0848. The summed E-state index contributed by atoms with van der Waals surface area (Å²) in [6.07, 6.45) is 7.18. The summed E-state index contributed by atoms with van der Waals surface area (Å²) < 4.78 is 1.67. The normalized spacial score (nSPS) is 13.0. The van der Waals surface area contributed by atoms with Gasteiger partial charge in [0, 0.05) is 28.8 Å². The van der Waals surface area contributed by atoms with E-state index in [-0.39, 0.29) is 5.91 Å². The lowest BCUT2D eigenvalue weighted by Gasteiger charge is -2.16. The Morgan fingerprint density at radius 3 is 2.85 bits per heavy atom. The fourth-order valence-corrected chi connectivity index (χ4v) is 5.26. The molecule has 1 aliphatic rings. The van der Waals surface area contributed by atoms with Crippen LogP contribution in [0.25, 0.3) is 16.9 Å². The average Bonchev–Trinajstić information content (AvgIpc) is 3.45. The van der Waals surface area contributed by atoms with E-state index in [0.29, 0.717) is 29.2 Å². The van der Waals surface area contributed by atoms with Crippen molar-refractivity contribution in [3.63, 3.8) is 0 Å². The Hall–Kier alpha value is -3.57. The van der Waals surface area contributed by atoms with Crippen molar-refractivity contribution in [2.24, 2.45) is 0 Å². The standard InChI is InChI=1S/C25H24N6OS/c1-15-21(16(2)31-24(28-15)20(12-26)13-27-31)9-10-23(32)30-25-29-22(14-33-25)19-8-7-17-5-3-4-6-18(17)11-19/h7-8,11,13-14H,3-6,9-10H2,1-2H3,(H,29,30,32). The van der Waals surface area contributed by atoms with Crippen molar-refractivity contribution >= 4 is 28.0 Å². The average molecular weight is 457 g/mol. The van der Waals surface area contributed by atoms with Crippen molar-refractivity contribution in [1.29, 1.82) is 5.26 Å². The van der Waals surface area contributed by atoms with Crippen LogP contribution in [0.2, 0.25) is 0 Å². The predicted molar refractivity (Wildman–Crippen MR) is 128 cm³/mol. The van der Waals surface area contributed by atoms with E-state index >= 15 is 0 Å². The van der Waals surface area contributed by atoms with Gasteiger partial charge in [-0.25, -0.2) is 14.5 Å². The van der Waals surface area contributed by atoms with Crippen LogP contribution in [-0.4, -0.2) is 25.5 Å². The molecule has 3 aromatic heterocycles. The molecule has 1 N–H and O–H groups in total. The summed E-state index contributed by atoms with van der Waals surface area (Å²) in [7, 11) is 0. The zero-order chi connectivity index (χ0) is 22.9. The quantitative estimate of drug-likeness (QED) is 0.466. The Labute approximate surface area is 196 Å². The summed E-state index contributed by atoms with van der Waals surface area (Å²) in [6, 6.07) is 8.71. The number of anilines is 1. The maximum Gasteiger partial charge on any atom is 0.226 e. The second-order valence-corrected chi connectivity index (χ2v) is 9.30. The number of aryl methyl sites for hydroxylation is 4. The first kappa shape index (κ1) is 21.3. The van der Waals surface area contributed by atoms with Crippen molar-refractivity contribution in [1.82, 2.24) is 19.6 Å². The highest BCUT2D eigenvalue weighted by Gasteiger charge is 2.16. The first-order chi connectivity index (χ1) is 16.0. The molecule has 0 bridgehead atoms. The molecule has 8 heteroatoms. The van der Waals surface area contributed by atoms with E-state index in [1.54, 1.807) is 4.52 Å². The molecule has 4 aromatic rings. The maximum atomic E-state index is 12.6. The van der Waals surface area contributed by atoms with Gasteiger partial charge < -0.3 is 5.32 Å². The highest BCUT2D eigenvalue weighted by atomic mass is 32.1. The van der Waals surface area contributed by atoms with Crippen LogP contribution in [0, 0.1) is 25.2 Å². The number of nitrogens with one attached hydrogen (secondary N) is 1. The van der Waals surface area contributed by atoms with Crippen LogP contribution >= 0.6 is 11.3 Å². The van der Waals surface area contributed by atoms with Gasteiger partial charge in [-0.05, 0) is 68.7 Å². The second-order valence-electron chi connectivity index (χ2n) is 8.44. The van der Waals surface area contributed by atoms with Gasteiger partial charge in [0.15, 0.2) is 10.8 Å². The van der Waals surface area contributed by atoms with Crippen LogP contribution in [0.1, 0.15) is 52.9 Å². The van der Waals surface area contributed by atoms with E-state index < -0.39 is 0 Å².